The Morgan fingerprint density at radius 2 is 1.96 bits per heavy atom. The first-order valence-corrected chi connectivity index (χ1v) is 7.61. The van der Waals surface area contributed by atoms with E-state index in [2.05, 4.69) is 15.5 Å². The van der Waals surface area contributed by atoms with Crippen LogP contribution in [0, 0.1) is 13.8 Å². The topological polar surface area (TPSA) is 64.7 Å². The third-order valence-corrected chi connectivity index (χ3v) is 4.13. The molecule has 132 valence electrons. The number of aromatic nitrogens is 4. The van der Waals surface area contributed by atoms with Gasteiger partial charge in [-0.05, 0) is 20.8 Å². The van der Waals surface area contributed by atoms with E-state index in [-0.39, 0.29) is 18.8 Å². The van der Waals surface area contributed by atoms with Crippen LogP contribution < -0.4 is 5.32 Å². The normalized spacial score (nSPS) is 11.8. The molecular weight excluding hydrogens is 347 g/mol. The highest BCUT2D eigenvalue weighted by Crippen LogP contribution is 2.35. The summed E-state index contributed by atoms with van der Waals surface area (Å²) in [6, 6.07) is 0. The highest BCUT2D eigenvalue weighted by atomic mass is 35.5. The largest absolute Gasteiger partial charge is 0.436 e. The molecule has 0 radical (unpaired) electrons. The number of carbonyl (C=O) groups excluding carboxylic acids is 1. The lowest BCUT2D eigenvalue weighted by atomic mass is 10.2. The SMILES string of the molecule is CCn1ncc(CNC(=O)Cn2nc(C(F)(F)F)c(Cl)c2C)c1C. The molecule has 2 aromatic rings. The van der Waals surface area contributed by atoms with Crippen LogP contribution in [0.1, 0.15) is 29.6 Å². The number of alkyl halides is 3. The second-order valence-electron chi connectivity index (χ2n) is 5.25. The third kappa shape index (κ3) is 3.72. The molecule has 0 aliphatic heterocycles. The molecular formula is C14H17ClF3N5O. The van der Waals surface area contributed by atoms with Gasteiger partial charge in [-0.3, -0.25) is 14.2 Å². The number of nitrogens with zero attached hydrogens (tertiary/aromatic N) is 4. The fourth-order valence-corrected chi connectivity index (χ4v) is 2.47. The van der Waals surface area contributed by atoms with Gasteiger partial charge < -0.3 is 5.32 Å². The molecule has 0 saturated heterocycles. The molecule has 24 heavy (non-hydrogen) atoms. The first-order chi connectivity index (χ1) is 11.1. The molecule has 0 aliphatic carbocycles. The minimum Gasteiger partial charge on any atom is -0.350 e. The summed E-state index contributed by atoms with van der Waals surface area (Å²) in [7, 11) is 0. The van der Waals surface area contributed by atoms with Crippen molar-refractivity contribution in [2.45, 2.75) is 46.6 Å². The van der Waals surface area contributed by atoms with E-state index in [1.807, 2.05) is 13.8 Å². The summed E-state index contributed by atoms with van der Waals surface area (Å²) >= 11 is 5.65. The number of hydrogen-bond acceptors (Lipinski definition) is 3. The molecule has 1 N–H and O–H groups in total. The Hall–Kier alpha value is -2.03. The van der Waals surface area contributed by atoms with E-state index in [0.29, 0.717) is 6.54 Å². The Labute approximate surface area is 141 Å². The minimum atomic E-state index is -4.66. The zero-order valence-corrected chi connectivity index (χ0v) is 14.2. The third-order valence-electron chi connectivity index (χ3n) is 3.68. The zero-order chi connectivity index (χ0) is 18.1. The molecule has 1 amide bonds. The lowest BCUT2D eigenvalue weighted by Crippen LogP contribution is -2.28. The van der Waals surface area contributed by atoms with E-state index >= 15 is 0 Å². The monoisotopic (exact) mass is 363 g/mol. The van der Waals surface area contributed by atoms with E-state index in [0.717, 1.165) is 15.9 Å². The highest BCUT2D eigenvalue weighted by molar-refractivity contribution is 6.32. The lowest BCUT2D eigenvalue weighted by molar-refractivity contribution is -0.141. The number of nitrogens with one attached hydrogen (secondary N) is 1. The van der Waals surface area contributed by atoms with Gasteiger partial charge in [0.05, 0.1) is 16.9 Å². The fourth-order valence-electron chi connectivity index (χ4n) is 2.22. The molecule has 0 spiro atoms. The molecule has 2 heterocycles. The molecule has 6 nitrogen and oxygen atoms in total. The van der Waals surface area contributed by atoms with Crippen molar-refractivity contribution in [3.63, 3.8) is 0 Å². The predicted octanol–water partition coefficient (Wildman–Crippen LogP) is 2.70. The number of amides is 1. The van der Waals surface area contributed by atoms with Crippen molar-refractivity contribution in [2.75, 3.05) is 0 Å². The average Bonchev–Trinajstić information content (AvgIpc) is 2.99. The summed E-state index contributed by atoms with van der Waals surface area (Å²) < 4.78 is 41.0. The van der Waals surface area contributed by atoms with Crippen LogP contribution in [0.4, 0.5) is 13.2 Å². The van der Waals surface area contributed by atoms with Gasteiger partial charge in [0.1, 0.15) is 6.54 Å². The van der Waals surface area contributed by atoms with Crippen molar-refractivity contribution in [3.8, 4) is 0 Å². The number of halogens is 4. The van der Waals surface area contributed by atoms with Crippen molar-refractivity contribution in [1.82, 2.24) is 24.9 Å². The van der Waals surface area contributed by atoms with Crippen LogP contribution >= 0.6 is 11.6 Å². The summed E-state index contributed by atoms with van der Waals surface area (Å²) in [5.41, 5.74) is 0.676. The second kappa shape index (κ2) is 6.84. The van der Waals surface area contributed by atoms with Gasteiger partial charge in [-0.1, -0.05) is 11.6 Å². The minimum absolute atomic E-state index is 0.0918. The molecule has 0 saturated carbocycles. The Morgan fingerprint density at radius 3 is 2.46 bits per heavy atom. The van der Waals surface area contributed by atoms with Crippen molar-refractivity contribution < 1.29 is 18.0 Å². The van der Waals surface area contributed by atoms with Crippen molar-refractivity contribution in [2.24, 2.45) is 0 Å². The van der Waals surface area contributed by atoms with Crippen molar-refractivity contribution in [1.29, 1.82) is 0 Å². The van der Waals surface area contributed by atoms with Gasteiger partial charge in [-0.15, -0.1) is 0 Å². The smallest absolute Gasteiger partial charge is 0.350 e. The van der Waals surface area contributed by atoms with Crippen LogP contribution in [0.15, 0.2) is 6.20 Å². The maximum absolute atomic E-state index is 12.8. The molecule has 0 bridgehead atoms. The highest BCUT2D eigenvalue weighted by Gasteiger charge is 2.38. The summed E-state index contributed by atoms with van der Waals surface area (Å²) in [5, 5.41) is 9.70. The molecule has 10 heteroatoms. The molecule has 0 fully saturated rings. The van der Waals surface area contributed by atoms with Gasteiger partial charge >= 0.3 is 6.18 Å². The lowest BCUT2D eigenvalue weighted by Gasteiger charge is -2.07. The molecule has 2 rings (SSSR count). The quantitative estimate of drug-likeness (QED) is 0.888. The standard InChI is InChI=1S/C14H17ClF3N5O/c1-4-22-8(2)10(6-20-22)5-19-11(24)7-23-9(3)12(15)13(21-23)14(16,17)18/h6H,4-5,7H2,1-3H3,(H,19,24). The van der Waals surface area contributed by atoms with Gasteiger partial charge in [0, 0.05) is 24.3 Å². The average molecular weight is 364 g/mol. The molecule has 0 aromatic carbocycles. The summed E-state index contributed by atoms with van der Waals surface area (Å²) in [4.78, 5) is 12.0. The van der Waals surface area contributed by atoms with Crippen LogP contribution in [-0.2, 0) is 30.6 Å². The van der Waals surface area contributed by atoms with Gasteiger partial charge in [0.2, 0.25) is 5.91 Å². The predicted molar refractivity (Wildman–Crippen MR) is 81.5 cm³/mol. The van der Waals surface area contributed by atoms with E-state index in [4.69, 9.17) is 11.6 Å². The first kappa shape index (κ1) is 18.3. The second-order valence-corrected chi connectivity index (χ2v) is 5.63. The Balaban J connectivity index is 2.04. The molecule has 0 unspecified atom stereocenters. The van der Waals surface area contributed by atoms with Gasteiger partial charge in [0.15, 0.2) is 5.69 Å². The number of aryl methyl sites for hydroxylation is 1. The van der Waals surface area contributed by atoms with Crippen molar-refractivity contribution >= 4 is 17.5 Å². The number of hydrogen-bond donors (Lipinski definition) is 1. The number of rotatable bonds is 5. The fraction of sp³-hybridized carbons (Fsp3) is 0.500. The number of carbonyl (C=O) groups is 1. The molecule has 2 aromatic heterocycles. The van der Waals surface area contributed by atoms with Crippen LogP contribution in [0.2, 0.25) is 5.02 Å². The summed E-state index contributed by atoms with van der Waals surface area (Å²) in [5.74, 6) is -0.463. The first-order valence-electron chi connectivity index (χ1n) is 7.23. The van der Waals surface area contributed by atoms with E-state index in [1.54, 1.807) is 10.9 Å². The Kier molecular flexibility index (Phi) is 5.22. The summed E-state index contributed by atoms with van der Waals surface area (Å²) in [6.45, 7) is 5.82. The van der Waals surface area contributed by atoms with E-state index in [1.165, 1.54) is 6.92 Å². The summed E-state index contributed by atoms with van der Waals surface area (Å²) in [6.07, 6.45) is -3.01. The van der Waals surface area contributed by atoms with Gasteiger partial charge in [0.25, 0.3) is 0 Å². The van der Waals surface area contributed by atoms with E-state index < -0.39 is 22.8 Å². The zero-order valence-electron chi connectivity index (χ0n) is 13.4. The van der Waals surface area contributed by atoms with Crippen LogP contribution in [0.25, 0.3) is 0 Å². The Morgan fingerprint density at radius 1 is 1.29 bits per heavy atom. The molecule has 0 atom stereocenters. The maximum atomic E-state index is 12.8. The van der Waals surface area contributed by atoms with Crippen molar-refractivity contribution in [3.05, 3.63) is 33.9 Å². The maximum Gasteiger partial charge on any atom is 0.436 e. The van der Waals surface area contributed by atoms with Crippen LogP contribution in [0.5, 0.6) is 0 Å². The van der Waals surface area contributed by atoms with Gasteiger partial charge in [-0.25, -0.2) is 0 Å². The van der Waals surface area contributed by atoms with Gasteiger partial charge in [-0.2, -0.15) is 23.4 Å². The van der Waals surface area contributed by atoms with E-state index in [9.17, 15) is 18.0 Å². The Bertz CT molecular complexity index is 750. The van der Waals surface area contributed by atoms with Crippen LogP contribution in [0.3, 0.4) is 0 Å². The molecule has 0 aliphatic rings. The van der Waals surface area contributed by atoms with Crippen LogP contribution in [-0.4, -0.2) is 25.5 Å².